The number of hydrogen-bond acceptors (Lipinski definition) is 4. The summed E-state index contributed by atoms with van der Waals surface area (Å²) in [6, 6.07) is 0. The molecule has 8 heavy (non-hydrogen) atoms. The molecule has 1 fully saturated rings. The summed E-state index contributed by atoms with van der Waals surface area (Å²) in [6.07, 6.45) is -2.27. The van der Waals surface area contributed by atoms with E-state index in [2.05, 4.69) is 5.32 Å². The molecule has 5 nitrogen and oxygen atoms in total. The van der Waals surface area contributed by atoms with Crippen LogP contribution in [0.4, 0.5) is 0 Å². The molecule has 1 rings (SSSR count). The van der Waals surface area contributed by atoms with Crippen LogP contribution in [0.1, 0.15) is 0 Å². The highest BCUT2D eigenvalue weighted by Gasteiger charge is 2.28. The molecule has 0 aromatic carbocycles. The standard InChI is InChI=1S/C3H8N2O3/c6-2-3(7)5(8)1-4-2/h2-7H,1H2. The van der Waals surface area contributed by atoms with Gasteiger partial charge in [-0.05, 0) is 0 Å². The number of hydrogen-bond donors (Lipinski definition) is 4. The highest BCUT2D eigenvalue weighted by atomic mass is 16.6. The first-order valence-corrected chi connectivity index (χ1v) is 2.34. The van der Waals surface area contributed by atoms with Gasteiger partial charge in [0.05, 0.1) is 0 Å². The molecule has 48 valence electrons. The van der Waals surface area contributed by atoms with Gasteiger partial charge in [0.25, 0.3) is 0 Å². The number of hydroxylamine groups is 2. The molecular formula is C3H8N2O3. The van der Waals surface area contributed by atoms with E-state index in [0.717, 1.165) is 0 Å². The van der Waals surface area contributed by atoms with Crippen LogP contribution in [-0.4, -0.2) is 29.3 Å². The van der Waals surface area contributed by atoms with Crippen LogP contribution in [0.3, 0.4) is 0 Å². The summed E-state index contributed by atoms with van der Waals surface area (Å²) < 4.78 is 0. The van der Waals surface area contributed by atoms with Crippen LogP contribution in [0.2, 0.25) is 0 Å². The summed E-state index contributed by atoms with van der Waals surface area (Å²) in [5.74, 6) is 0. The Balaban J connectivity index is 2.44. The lowest BCUT2D eigenvalue weighted by molar-refractivity contribution is -0.888. The van der Waals surface area contributed by atoms with Gasteiger partial charge >= 0.3 is 0 Å². The summed E-state index contributed by atoms with van der Waals surface area (Å²) in [5, 5.41) is 29.5. The number of aliphatic hydroxyl groups is 2. The molecule has 0 aliphatic carbocycles. The minimum absolute atomic E-state index is 0.0718. The van der Waals surface area contributed by atoms with E-state index in [9.17, 15) is 5.21 Å². The van der Waals surface area contributed by atoms with E-state index in [1.54, 1.807) is 0 Å². The van der Waals surface area contributed by atoms with E-state index in [0.29, 0.717) is 0 Å². The average molecular weight is 120 g/mol. The molecule has 3 unspecified atom stereocenters. The Labute approximate surface area is 46.1 Å². The average Bonchev–Trinajstić information content (AvgIpc) is 1.98. The van der Waals surface area contributed by atoms with Crippen molar-refractivity contribution in [2.75, 3.05) is 6.67 Å². The second-order valence-electron chi connectivity index (χ2n) is 1.74. The fourth-order valence-corrected chi connectivity index (χ4v) is 0.597. The second kappa shape index (κ2) is 1.96. The van der Waals surface area contributed by atoms with Gasteiger partial charge in [0.1, 0.15) is 6.67 Å². The molecule has 0 bridgehead atoms. The largest absolute Gasteiger partial charge is 0.631 e. The number of rotatable bonds is 0. The molecule has 0 amide bonds. The Morgan fingerprint density at radius 1 is 1.62 bits per heavy atom. The monoisotopic (exact) mass is 120 g/mol. The third-order valence-corrected chi connectivity index (χ3v) is 1.11. The first-order valence-electron chi connectivity index (χ1n) is 2.34. The predicted octanol–water partition coefficient (Wildman–Crippen LogP) is -3.43. The zero-order valence-corrected chi connectivity index (χ0v) is 4.16. The molecule has 0 spiro atoms. The topological polar surface area (TPSA) is 80.0 Å². The van der Waals surface area contributed by atoms with Gasteiger partial charge in [0, 0.05) is 0 Å². The van der Waals surface area contributed by atoms with E-state index in [-0.39, 0.29) is 11.7 Å². The minimum Gasteiger partial charge on any atom is -0.631 e. The van der Waals surface area contributed by atoms with Crippen LogP contribution in [0.25, 0.3) is 0 Å². The van der Waals surface area contributed by atoms with Gasteiger partial charge in [0.2, 0.25) is 6.23 Å². The zero-order valence-electron chi connectivity index (χ0n) is 4.16. The van der Waals surface area contributed by atoms with Crippen molar-refractivity contribution in [3.8, 4) is 0 Å². The van der Waals surface area contributed by atoms with Crippen LogP contribution >= 0.6 is 0 Å². The van der Waals surface area contributed by atoms with Gasteiger partial charge in [-0.25, -0.2) is 5.32 Å². The minimum atomic E-state index is -1.21. The van der Waals surface area contributed by atoms with Gasteiger partial charge in [-0.2, -0.15) is 0 Å². The molecule has 3 atom stereocenters. The van der Waals surface area contributed by atoms with E-state index >= 15 is 0 Å². The lowest BCUT2D eigenvalue weighted by atomic mass is 10.5. The summed E-state index contributed by atoms with van der Waals surface area (Å²) in [5.41, 5.74) is 0. The highest BCUT2D eigenvalue weighted by Crippen LogP contribution is 1.82. The van der Waals surface area contributed by atoms with Crippen LogP contribution in [0, 0.1) is 5.21 Å². The highest BCUT2D eigenvalue weighted by molar-refractivity contribution is 4.56. The third kappa shape index (κ3) is 0.816. The van der Waals surface area contributed by atoms with Crippen molar-refractivity contribution in [2.45, 2.75) is 12.5 Å². The Hall–Kier alpha value is -0.200. The van der Waals surface area contributed by atoms with E-state index in [1.165, 1.54) is 0 Å². The van der Waals surface area contributed by atoms with E-state index in [1.807, 2.05) is 0 Å². The maximum absolute atomic E-state index is 10.3. The van der Waals surface area contributed by atoms with Crippen molar-refractivity contribution >= 4 is 0 Å². The van der Waals surface area contributed by atoms with Crippen molar-refractivity contribution in [1.82, 2.24) is 5.32 Å². The van der Waals surface area contributed by atoms with Gasteiger partial charge in [0.15, 0.2) is 6.23 Å². The van der Waals surface area contributed by atoms with Gasteiger partial charge < -0.3 is 20.5 Å². The van der Waals surface area contributed by atoms with Crippen molar-refractivity contribution in [3.63, 3.8) is 0 Å². The number of aliphatic hydroxyl groups excluding tert-OH is 2. The van der Waals surface area contributed by atoms with Crippen molar-refractivity contribution in [2.24, 2.45) is 0 Å². The van der Waals surface area contributed by atoms with Crippen LogP contribution in [0.15, 0.2) is 0 Å². The van der Waals surface area contributed by atoms with Crippen molar-refractivity contribution in [3.05, 3.63) is 5.21 Å². The molecule has 0 aromatic heterocycles. The lowest BCUT2D eigenvalue weighted by Gasteiger charge is -2.18. The normalized spacial score (nSPS) is 47.6. The maximum atomic E-state index is 10.3. The van der Waals surface area contributed by atoms with Gasteiger partial charge in [-0.1, -0.05) is 0 Å². The lowest BCUT2D eigenvalue weighted by Crippen LogP contribution is -3.10. The third-order valence-electron chi connectivity index (χ3n) is 1.11. The summed E-state index contributed by atoms with van der Waals surface area (Å²) in [4.78, 5) is 0. The fourth-order valence-electron chi connectivity index (χ4n) is 0.597. The Morgan fingerprint density at radius 2 is 2.25 bits per heavy atom. The molecule has 1 aliphatic heterocycles. The van der Waals surface area contributed by atoms with Crippen LogP contribution in [-0.2, 0) is 0 Å². The first kappa shape index (κ1) is 5.93. The molecule has 4 N–H and O–H groups in total. The fraction of sp³-hybridized carbons (Fsp3) is 1.00. The number of nitrogens with one attached hydrogen (secondary N) is 2. The van der Waals surface area contributed by atoms with Crippen LogP contribution < -0.4 is 10.4 Å². The predicted molar refractivity (Wildman–Crippen MR) is 24.3 cm³/mol. The molecule has 0 saturated carbocycles. The van der Waals surface area contributed by atoms with Gasteiger partial charge in [-0.3, -0.25) is 0 Å². The summed E-state index contributed by atoms with van der Waals surface area (Å²) in [6.45, 7) is 0.0718. The quantitative estimate of drug-likeness (QED) is 0.251. The Bertz CT molecular complexity index is 78.6. The van der Waals surface area contributed by atoms with E-state index < -0.39 is 12.5 Å². The number of quaternary nitrogens is 1. The Morgan fingerprint density at radius 3 is 2.38 bits per heavy atom. The Kier molecular flexibility index (Phi) is 1.45. The molecule has 0 radical (unpaired) electrons. The first-order chi connectivity index (χ1) is 3.72. The van der Waals surface area contributed by atoms with Crippen molar-refractivity contribution < 1.29 is 15.3 Å². The molecule has 1 saturated heterocycles. The van der Waals surface area contributed by atoms with Crippen LogP contribution in [0.5, 0.6) is 0 Å². The molecule has 1 heterocycles. The summed E-state index contributed by atoms with van der Waals surface area (Å²) >= 11 is 0. The molecule has 0 aromatic rings. The smallest absolute Gasteiger partial charge is 0.230 e. The summed E-state index contributed by atoms with van der Waals surface area (Å²) in [7, 11) is 0. The SMILES string of the molecule is [O-][NH+]1CNC(O)C1O. The molecular weight excluding hydrogens is 112 g/mol. The van der Waals surface area contributed by atoms with Gasteiger partial charge in [-0.15, -0.1) is 0 Å². The molecule has 5 heteroatoms. The zero-order chi connectivity index (χ0) is 6.15. The second-order valence-corrected chi connectivity index (χ2v) is 1.74. The van der Waals surface area contributed by atoms with Crippen molar-refractivity contribution in [1.29, 1.82) is 0 Å². The maximum Gasteiger partial charge on any atom is 0.230 e. The van der Waals surface area contributed by atoms with E-state index in [4.69, 9.17) is 10.2 Å². The molecule has 1 aliphatic rings.